The number of nitrogens with zero attached hydrogens (tertiary/aromatic N) is 2. The monoisotopic (exact) mass is 285 g/mol. The third-order valence-corrected chi connectivity index (χ3v) is 3.11. The lowest BCUT2D eigenvalue weighted by molar-refractivity contribution is 0.100. The number of nitrogens with two attached hydrogens (primary N) is 1. The van der Waals surface area contributed by atoms with Crippen molar-refractivity contribution in [1.29, 1.82) is 0 Å². The van der Waals surface area contributed by atoms with E-state index in [1.54, 1.807) is 18.3 Å². The van der Waals surface area contributed by atoms with Gasteiger partial charge in [0.1, 0.15) is 17.2 Å². The Labute approximate surface area is 119 Å². The van der Waals surface area contributed by atoms with Crippen LogP contribution in [0.5, 0.6) is 0 Å². The van der Waals surface area contributed by atoms with Gasteiger partial charge in [0, 0.05) is 23.7 Å². The number of aromatic nitrogens is 3. The van der Waals surface area contributed by atoms with Gasteiger partial charge < -0.3 is 11.1 Å². The lowest BCUT2D eigenvalue weighted by Crippen LogP contribution is -2.13. The number of carbonyl (C=O) groups is 1. The normalized spacial score (nSPS) is 10.7. The van der Waals surface area contributed by atoms with Crippen molar-refractivity contribution in [3.8, 4) is 0 Å². The maximum atomic E-state index is 13.6. The molecule has 21 heavy (non-hydrogen) atoms. The zero-order valence-corrected chi connectivity index (χ0v) is 10.9. The Bertz CT molecular complexity index is 814. The summed E-state index contributed by atoms with van der Waals surface area (Å²) in [7, 11) is 0. The van der Waals surface area contributed by atoms with Gasteiger partial charge in [-0.25, -0.2) is 4.39 Å². The minimum atomic E-state index is -0.589. The molecule has 2 aromatic heterocycles. The number of primary amides is 1. The van der Waals surface area contributed by atoms with Crippen LogP contribution in [0, 0.1) is 5.82 Å². The number of hydrogen-bond donors (Lipinski definition) is 3. The molecule has 0 atom stereocenters. The molecule has 0 unspecified atom stereocenters. The topological polar surface area (TPSA) is 96.7 Å². The van der Waals surface area contributed by atoms with Crippen molar-refractivity contribution in [2.75, 3.05) is 5.32 Å². The van der Waals surface area contributed by atoms with Crippen LogP contribution in [0.4, 0.5) is 10.2 Å². The number of carbonyl (C=O) groups excluding carboxylic acids is 1. The van der Waals surface area contributed by atoms with E-state index in [4.69, 9.17) is 5.73 Å². The predicted octanol–water partition coefficient (Wildman–Crippen LogP) is 1.81. The Hall–Kier alpha value is -2.96. The van der Waals surface area contributed by atoms with E-state index in [1.807, 2.05) is 0 Å². The number of anilines is 1. The average Bonchev–Trinajstić information content (AvgIpc) is 2.93. The van der Waals surface area contributed by atoms with E-state index in [0.29, 0.717) is 22.3 Å². The quantitative estimate of drug-likeness (QED) is 0.681. The molecule has 106 valence electrons. The minimum absolute atomic E-state index is 0.253. The molecule has 0 aliphatic rings. The molecule has 1 aromatic carbocycles. The fourth-order valence-corrected chi connectivity index (χ4v) is 2.15. The van der Waals surface area contributed by atoms with Gasteiger partial charge in [-0.1, -0.05) is 6.07 Å². The fraction of sp³-hybridized carbons (Fsp3) is 0.0714. The fourth-order valence-electron chi connectivity index (χ4n) is 2.15. The number of pyridine rings is 1. The number of H-pyrrole nitrogens is 1. The van der Waals surface area contributed by atoms with Gasteiger partial charge in [-0.3, -0.25) is 14.9 Å². The van der Waals surface area contributed by atoms with Crippen molar-refractivity contribution >= 4 is 22.6 Å². The van der Waals surface area contributed by atoms with E-state index < -0.39 is 5.91 Å². The number of benzene rings is 1. The van der Waals surface area contributed by atoms with Crippen molar-refractivity contribution in [2.45, 2.75) is 6.54 Å². The Morgan fingerprint density at radius 1 is 1.43 bits per heavy atom. The third kappa shape index (κ3) is 2.53. The molecule has 0 saturated carbocycles. The number of amides is 1. The predicted molar refractivity (Wildman–Crippen MR) is 76.1 cm³/mol. The first-order chi connectivity index (χ1) is 10.1. The Morgan fingerprint density at radius 3 is 3.10 bits per heavy atom. The molecule has 1 amide bonds. The van der Waals surface area contributed by atoms with Gasteiger partial charge in [0.05, 0.1) is 11.7 Å². The highest BCUT2D eigenvalue weighted by atomic mass is 19.1. The van der Waals surface area contributed by atoms with Gasteiger partial charge in [0.15, 0.2) is 0 Å². The largest absolute Gasteiger partial charge is 0.366 e. The summed E-state index contributed by atoms with van der Waals surface area (Å²) in [5.74, 6) is -0.531. The van der Waals surface area contributed by atoms with Crippen LogP contribution >= 0.6 is 0 Å². The highest BCUT2D eigenvalue weighted by Crippen LogP contribution is 2.20. The van der Waals surface area contributed by atoms with Crippen LogP contribution < -0.4 is 11.1 Å². The molecule has 0 radical (unpaired) electrons. The second-order valence-electron chi connectivity index (χ2n) is 4.52. The summed E-state index contributed by atoms with van der Waals surface area (Å²) in [6, 6.07) is 6.37. The van der Waals surface area contributed by atoms with E-state index in [-0.39, 0.29) is 17.9 Å². The second kappa shape index (κ2) is 5.20. The van der Waals surface area contributed by atoms with Gasteiger partial charge in [0.25, 0.3) is 5.91 Å². The number of rotatable bonds is 4. The first kappa shape index (κ1) is 13.0. The van der Waals surface area contributed by atoms with Crippen LogP contribution in [0.25, 0.3) is 10.9 Å². The number of hydrogen-bond acceptors (Lipinski definition) is 4. The smallest absolute Gasteiger partial charge is 0.254 e. The van der Waals surface area contributed by atoms with E-state index >= 15 is 0 Å². The van der Waals surface area contributed by atoms with Crippen LogP contribution in [0.1, 0.15) is 15.9 Å². The number of fused-ring (bicyclic) bond motifs is 1. The van der Waals surface area contributed by atoms with Crippen molar-refractivity contribution in [1.82, 2.24) is 15.2 Å². The first-order valence-corrected chi connectivity index (χ1v) is 6.25. The number of nitrogens with one attached hydrogen (secondary N) is 2. The van der Waals surface area contributed by atoms with E-state index in [9.17, 15) is 9.18 Å². The molecule has 6 nitrogen and oxygen atoms in total. The van der Waals surface area contributed by atoms with Gasteiger partial charge in [-0.15, -0.1) is 0 Å². The Morgan fingerprint density at radius 2 is 2.29 bits per heavy atom. The molecule has 0 aliphatic carbocycles. The van der Waals surface area contributed by atoms with E-state index in [2.05, 4.69) is 20.5 Å². The van der Waals surface area contributed by atoms with Crippen LogP contribution in [0.2, 0.25) is 0 Å². The minimum Gasteiger partial charge on any atom is -0.366 e. The highest BCUT2D eigenvalue weighted by Gasteiger charge is 2.11. The summed E-state index contributed by atoms with van der Waals surface area (Å²) in [6.45, 7) is 0.285. The van der Waals surface area contributed by atoms with Crippen molar-refractivity contribution in [3.63, 3.8) is 0 Å². The Balaban J connectivity index is 1.92. The summed E-state index contributed by atoms with van der Waals surface area (Å²) >= 11 is 0. The van der Waals surface area contributed by atoms with Crippen molar-refractivity contribution in [2.24, 2.45) is 5.73 Å². The standard InChI is InChI=1S/C14H12FN5O/c15-10-4-8-2-1-3-17-12(8)9(5-10)6-18-14-11(13(16)21)7-19-20-14/h1-5,7H,6H2,(H2,16,21)(H2,18,19,20). The molecule has 7 heteroatoms. The summed E-state index contributed by atoms with van der Waals surface area (Å²) < 4.78 is 13.6. The molecule has 0 aliphatic heterocycles. The molecule has 0 fully saturated rings. The zero-order chi connectivity index (χ0) is 14.8. The summed E-state index contributed by atoms with van der Waals surface area (Å²) in [6.07, 6.45) is 2.99. The molecule has 2 heterocycles. The maximum absolute atomic E-state index is 13.6. The lowest BCUT2D eigenvalue weighted by Gasteiger charge is -2.08. The van der Waals surface area contributed by atoms with Crippen molar-refractivity contribution < 1.29 is 9.18 Å². The van der Waals surface area contributed by atoms with E-state index in [0.717, 1.165) is 0 Å². The van der Waals surface area contributed by atoms with Crippen molar-refractivity contribution in [3.05, 3.63) is 53.6 Å². The van der Waals surface area contributed by atoms with Gasteiger partial charge in [-0.05, 0) is 18.2 Å². The van der Waals surface area contributed by atoms with E-state index in [1.165, 1.54) is 18.3 Å². The molecule has 3 rings (SSSR count). The third-order valence-electron chi connectivity index (χ3n) is 3.11. The molecule has 0 spiro atoms. The van der Waals surface area contributed by atoms with Crippen LogP contribution in [-0.2, 0) is 6.54 Å². The van der Waals surface area contributed by atoms with Crippen LogP contribution in [0.15, 0.2) is 36.7 Å². The highest BCUT2D eigenvalue weighted by molar-refractivity contribution is 5.97. The molecule has 3 aromatic rings. The average molecular weight is 285 g/mol. The summed E-state index contributed by atoms with van der Waals surface area (Å²) in [5, 5.41) is 10.1. The van der Waals surface area contributed by atoms with Gasteiger partial charge in [-0.2, -0.15) is 5.10 Å². The van der Waals surface area contributed by atoms with Crippen LogP contribution in [-0.4, -0.2) is 21.1 Å². The summed E-state index contributed by atoms with van der Waals surface area (Å²) in [4.78, 5) is 15.5. The molecule has 0 bridgehead atoms. The van der Waals surface area contributed by atoms with Crippen LogP contribution in [0.3, 0.4) is 0 Å². The Kier molecular flexibility index (Phi) is 3.23. The van der Waals surface area contributed by atoms with Gasteiger partial charge >= 0.3 is 0 Å². The summed E-state index contributed by atoms with van der Waals surface area (Å²) in [5.41, 5.74) is 6.86. The molecular weight excluding hydrogens is 273 g/mol. The number of halogens is 1. The second-order valence-corrected chi connectivity index (χ2v) is 4.52. The van der Waals surface area contributed by atoms with Gasteiger partial charge in [0.2, 0.25) is 0 Å². The maximum Gasteiger partial charge on any atom is 0.254 e. The lowest BCUT2D eigenvalue weighted by atomic mass is 10.1. The SMILES string of the molecule is NC(=O)c1cn[nH]c1NCc1cc(F)cc2cccnc12. The molecule has 4 N–H and O–H groups in total. The number of aromatic amines is 1. The zero-order valence-electron chi connectivity index (χ0n) is 10.9. The molecule has 0 saturated heterocycles. The molecular formula is C14H12FN5O. The first-order valence-electron chi connectivity index (χ1n) is 6.25.